The fourth-order valence-corrected chi connectivity index (χ4v) is 3.17. The van der Waals surface area contributed by atoms with Crippen molar-refractivity contribution in [1.29, 1.82) is 0 Å². The summed E-state index contributed by atoms with van der Waals surface area (Å²) in [6, 6.07) is 15.0. The molecule has 0 fully saturated rings. The van der Waals surface area contributed by atoms with Gasteiger partial charge in [-0.2, -0.15) is 13.2 Å². The Labute approximate surface area is 185 Å². The van der Waals surface area contributed by atoms with E-state index in [1.165, 1.54) is 30.5 Å². The van der Waals surface area contributed by atoms with Crippen molar-refractivity contribution < 1.29 is 27.2 Å². The Kier molecular flexibility index (Phi) is 5.95. The summed E-state index contributed by atoms with van der Waals surface area (Å²) >= 11 is 0. The molecule has 9 heteroatoms. The first-order valence-electron chi connectivity index (χ1n) is 9.70. The van der Waals surface area contributed by atoms with Crippen molar-refractivity contribution in [3.8, 4) is 0 Å². The van der Waals surface area contributed by atoms with Gasteiger partial charge < -0.3 is 15.1 Å². The minimum Gasteiger partial charge on any atom is -0.459 e. The van der Waals surface area contributed by atoms with Crippen LogP contribution in [0.15, 0.2) is 83.6 Å². The van der Waals surface area contributed by atoms with Crippen LogP contribution in [0.5, 0.6) is 0 Å². The first-order chi connectivity index (χ1) is 15.8. The maximum atomic E-state index is 13.6. The highest BCUT2D eigenvalue weighted by atomic mass is 19.4. The van der Waals surface area contributed by atoms with Gasteiger partial charge in [0, 0.05) is 28.9 Å². The van der Waals surface area contributed by atoms with Gasteiger partial charge in [0.15, 0.2) is 5.76 Å². The number of halogens is 3. The van der Waals surface area contributed by atoms with Crippen LogP contribution < -0.4 is 10.6 Å². The van der Waals surface area contributed by atoms with Gasteiger partial charge in [-0.25, -0.2) is 0 Å². The molecule has 2 aromatic heterocycles. The Hall–Kier alpha value is -4.40. The van der Waals surface area contributed by atoms with E-state index in [1.54, 1.807) is 24.4 Å². The molecule has 33 heavy (non-hydrogen) atoms. The van der Waals surface area contributed by atoms with Gasteiger partial charge in [0.2, 0.25) is 5.91 Å². The van der Waals surface area contributed by atoms with Crippen LogP contribution >= 0.6 is 0 Å². The van der Waals surface area contributed by atoms with Gasteiger partial charge in [-0.15, -0.1) is 0 Å². The summed E-state index contributed by atoms with van der Waals surface area (Å²) in [5, 5.41) is 5.45. The van der Waals surface area contributed by atoms with E-state index in [9.17, 15) is 22.8 Å². The number of furan rings is 1. The second kappa shape index (κ2) is 8.99. The number of alkyl halides is 3. The third-order valence-electron chi connectivity index (χ3n) is 4.66. The topological polar surface area (TPSA) is 84.2 Å². The van der Waals surface area contributed by atoms with E-state index in [-0.39, 0.29) is 11.4 Å². The normalized spacial score (nSPS) is 11.6. The van der Waals surface area contributed by atoms with Crippen LogP contribution in [0.4, 0.5) is 24.5 Å². The van der Waals surface area contributed by atoms with Crippen molar-refractivity contribution in [3.63, 3.8) is 0 Å². The molecule has 2 heterocycles. The molecule has 4 aromatic rings. The molecule has 166 valence electrons. The fraction of sp³-hybridized carbons (Fsp3) is 0.0417. The number of nitrogens with zero attached hydrogens (tertiary/aromatic N) is 1. The predicted octanol–water partition coefficient (Wildman–Crippen LogP) is 5.75. The summed E-state index contributed by atoms with van der Waals surface area (Å²) in [5.41, 5.74) is -0.330. The Bertz CT molecular complexity index is 1340. The zero-order chi connectivity index (χ0) is 23.4. The number of anilines is 2. The van der Waals surface area contributed by atoms with Gasteiger partial charge in [-0.3, -0.25) is 14.6 Å². The van der Waals surface area contributed by atoms with Crippen LogP contribution in [0.3, 0.4) is 0 Å². The van der Waals surface area contributed by atoms with Gasteiger partial charge in [-0.1, -0.05) is 24.3 Å². The lowest BCUT2D eigenvalue weighted by Gasteiger charge is -2.15. The van der Waals surface area contributed by atoms with Crippen LogP contribution in [-0.2, 0) is 11.0 Å². The van der Waals surface area contributed by atoms with Crippen molar-refractivity contribution in [2.24, 2.45) is 0 Å². The summed E-state index contributed by atoms with van der Waals surface area (Å²) in [7, 11) is 0. The first-order valence-corrected chi connectivity index (χ1v) is 9.70. The number of nitrogens with one attached hydrogen (secondary N) is 2. The smallest absolute Gasteiger partial charge is 0.418 e. The van der Waals surface area contributed by atoms with Gasteiger partial charge in [0.25, 0.3) is 5.91 Å². The summed E-state index contributed by atoms with van der Waals surface area (Å²) in [6.07, 6.45) is 0.738. The standard InChI is InChI=1S/C24H16F3N3O3/c25-24(26,27)18-14-17(29-23(32)20-7-3-13-33-20)9-10-19(18)30-21(31)11-8-16-5-1-4-15-6-2-12-28-22(15)16/h1-14H,(H,29,32)(H,30,31)/b11-8+. The number of para-hydroxylation sites is 1. The minimum atomic E-state index is -4.77. The van der Waals surface area contributed by atoms with E-state index >= 15 is 0 Å². The van der Waals surface area contributed by atoms with Crippen molar-refractivity contribution in [2.75, 3.05) is 10.6 Å². The Morgan fingerprint density at radius 1 is 0.970 bits per heavy atom. The molecule has 0 atom stereocenters. The van der Waals surface area contributed by atoms with Crippen LogP contribution in [0.25, 0.3) is 17.0 Å². The van der Waals surface area contributed by atoms with Crippen LogP contribution in [-0.4, -0.2) is 16.8 Å². The second-order valence-corrected chi connectivity index (χ2v) is 6.93. The summed E-state index contributed by atoms with van der Waals surface area (Å²) in [6.45, 7) is 0. The van der Waals surface area contributed by atoms with E-state index in [0.29, 0.717) is 11.1 Å². The van der Waals surface area contributed by atoms with Crippen molar-refractivity contribution in [1.82, 2.24) is 4.98 Å². The SMILES string of the molecule is O=C(/C=C/c1cccc2cccnc12)Nc1ccc(NC(=O)c2ccco2)cc1C(F)(F)F. The number of pyridine rings is 1. The first kappa shape index (κ1) is 21.8. The van der Waals surface area contributed by atoms with Gasteiger partial charge in [-0.05, 0) is 42.5 Å². The molecule has 2 N–H and O–H groups in total. The predicted molar refractivity (Wildman–Crippen MR) is 118 cm³/mol. The molecular weight excluding hydrogens is 435 g/mol. The molecule has 0 aliphatic carbocycles. The Balaban J connectivity index is 1.54. The Morgan fingerprint density at radius 2 is 1.79 bits per heavy atom. The van der Waals surface area contributed by atoms with Gasteiger partial charge in [0.05, 0.1) is 23.0 Å². The monoisotopic (exact) mass is 451 g/mol. The molecule has 2 amide bonds. The zero-order valence-electron chi connectivity index (χ0n) is 16.9. The highest BCUT2D eigenvalue weighted by Crippen LogP contribution is 2.36. The van der Waals surface area contributed by atoms with Crippen LogP contribution in [0.2, 0.25) is 0 Å². The van der Waals surface area contributed by atoms with Crippen molar-refractivity contribution >= 4 is 40.2 Å². The maximum Gasteiger partial charge on any atom is 0.418 e. The van der Waals surface area contributed by atoms with Crippen molar-refractivity contribution in [2.45, 2.75) is 6.18 Å². The molecule has 6 nitrogen and oxygen atoms in total. The lowest BCUT2D eigenvalue weighted by atomic mass is 10.1. The third-order valence-corrected chi connectivity index (χ3v) is 4.66. The number of hydrogen-bond donors (Lipinski definition) is 2. The quantitative estimate of drug-likeness (QED) is 0.379. The van der Waals surface area contributed by atoms with Crippen molar-refractivity contribution in [3.05, 3.63) is 96.1 Å². The largest absolute Gasteiger partial charge is 0.459 e. The number of benzene rings is 2. The van der Waals surface area contributed by atoms with E-state index in [0.717, 1.165) is 23.6 Å². The molecule has 2 aromatic carbocycles. The number of hydrogen-bond acceptors (Lipinski definition) is 4. The zero-order valence-corrected chi connectivity index (χ0v) is 16.9. The number of carbonyl (C=O) groups is 2. The molecule has 4 rings (SSSR count). The molecule has 0 radical (unpaired) electrons. The average molecular weight is 451 g/mol. The summed E-state index contributed by atoms with van der Waals surface area (Å²) < 4.78 is 45.7. The molecule has 0 unspecified atom stereocenters. The van der Waals surface area contributed by atoms with Gasteiger partial charge in [0.1, 0.15) is 0 Å². The number of fused-ring (bicyclic) bond motifs is 1. The third kappa shape index (κ3) is 5.09. The number of carbonyl (C=O) groups excluding carboxylic acids is 2. The lowest BCUT2D eigenvalue weighted by Crippen LogP contribution is -2.16. The molecule has 0 saturated heterocycles. The maximum absolute atomic E-state index is 13.6. The lowest BCUT2D eigenvalue weighted by molar-refractivity contribution is -0.136. The summed E-state index contributed by atoms with van der Waals surface area (Å²) in [5.74, 6) is -1.49. The highest BCUT2D eigenvalue weighted by molar-refractivity contribution is 6.05. The van der Waals surface area contributed by atoms with E-state index in [1.807, 2.05) is 12.1 Å². The van der Waals surface area contributed by atoms with Crippen LogP contribution in [0, 0.1) is 0 Å². The minimum absolute atomic E-state index is 0.0472. The van der Waals surface area contributed by atoms with Crippen LogP contribution in [0.1, 0.15) is 21.7 Å². The highest BCUT2D eigenvalue weighted by Gasteiger charge is 2.34. The second-order valence-electron chi connectivity index (χ2n) is 6.93. The van der Waals surface area contributed by atoms with E-state index in [4.69, 9.17) is 4.42 Å². The van der Waals surface area contributed by atoms with E-state index in [2.05, 4.69) is 15.6 Å². The number of amides is 2. The van der Waals surface area contributed by atoms with Gasteiger partial charge >= 0.3 is 6.18 Å². The number of aromatic nitrogens is 1. The van der Waals surface area contributed by atoms with E-state index < -0.39 is 29.2 Å². The molecule has 0 aliphatic rings. The number of rotatable bonds is 5. The molecular formula is C24H16F3N3O3. The fourth-order valence-electron chi connectivity index (χ4n) is 3.17. The molecule has 0 aliphatic heterocycles. The Morgan fingerprint density at radius 3 is 2.55 bits per heavy atom. The summed E-state index contributed by atoms with van der Waals surface area (Å²) in [4.78, 5) is 28.7. The average Bonchev–Trinajstić information content (AvgIpc) is 3.33. The molecule has 0 bridgehead atoms. The molecule has 0 spiro atoms. The molecule has 0 saturated carbocycles.